The highest BCUT2D eigenvalue weighted by atomic mass is 16.4. The maximum absolute atomic E-state index is 10.7. The molecule has 0 aromatic carbocycles. The van der Waals surface area contributed by atoms with Crippen molar-refractivity contribution in [3.63, 3.8) is 0 Å². The van der Waals surface area contributed by atoms with E-state index in [0.717, 1.165) is 31.3 Å². The van der Waals surface area contributed by atoms with E-state index in [1.807, 2.05) is 22.8 Å². The number of carboxylic acid groups (broad SMARTS) is 1. The van der Waals surface area contributed by atoms with Gasteiger partial charge in [0.25, 0.3) is 0 Å². The smallest absolute Gasteiger partial charge is 0.303 e. The number of carbonyl (C=O) groups is 1. The predicted octanol–water partition coefficient (Wildman–Crippen LogP) is 2.48. The SMILES string of the molecule is O=C(O)CC1CCC(c2ccnc3ccnn23)CC1. The van der Waals surface area contributed by atoms with Gasteiger partial charge >= 0.3 is 5.97 Å². The van der Waals surface area contributed by atoms with E-state index in [2.05, 4.69) is 10.1 Å². The topological polar surface area (TPSA) is 67.5 Å². The molecule has 0 spiro atoms. The summed E-state index contributed by atoms with van der Waals surface area (Å²) in [7, 11) is 0. The van der Waals surface area contributed by atoms with Crippen LogP contribution in [-0.4, -0.2) is 25.7 Å². The molecule has 2 heterocycles. The fraction of sp³-hybridized carbons (Fsp3) is 0.500. The van der Waals surface area contributed by atoms with Crippen LogP contribution in [0.1, 0.15) is 43.7 Å². The van der Waals surface area contributed by atoms with Gasteiger partial charge in [0.05, 0.1) is 6.20 Å². The Kier molecular flexibility index (Phi) is 3.19. The Morgan fingerprint density at radius 2 is 2.05 bits per heavy atom. The van der Waals surface area contributed by atoms with Crippen molar-refractivity contribution >= 4 is 11.6 Å². The van der Waals surface area contributed by atoms with E-state index in [0.29, 0.717) is 18.3 Å². The minimum atomic E-state index is -0.679. The second-order valence-electron chi connectivity index (χ2n) is 5.29. The number of carboxylic acids is 1. The molecule has 1 saturated carbocycles. The van der Waals surface area contributed by atoms with E-state index in [-0.39, 0.29) is 0 Å². The maximum Gasteiger partial charge on any atom is 0.303 e. The van der Waals surface area contributed by atoms with Crippen LogP contribution in [0.15, 0.2) is 24.5 Å². The number of hydrogen-bond acceptors (Lipinski definition) is 3. The second-order valence-corrected chi connectivity index (χ2v) is 5.29. The van der Waals surface area contributed by atoms with Gasteiger partial charge < -0.3 is 5.11 Å². The lowest BCUT2D eigenvalue weighted by molar-refractivity contribution is -0.138. The van der Waals surface area contributed by atoms with E-state index in [9.17, 15) is 4.79 Å². The first-order chi connectivity index (χ1) is 9.24. The molecule has 19 heavy (non-hydrogen) atoms. The van der Waals surface area contributed by atoms with Gasteiger partial charge in [-0.1, -0.05) is 0 Å². The third kappa shape index (κ3) is 2.45. The summed E-state index contributed by atoms with van der Waals surface area (Å²) in [5, 5.41) is 13.2. The van der Waals surface area contributed by atoms with Gasteiger partial charge in [-0.05, 0) is 37.7 Å². The minimum Gasteiger partial charge on any atom is -0.481 e. The van der Waals surface area contributed by atoms with Gasteiger partial charge in [0.1, 0.15) is 0 Å². The van der Waals surface area contributed by atoms with Gasteiger partial charge in [-0.15, -0.1) is 0 Å². The molecule has 1 aliphatic rings. The second kappa shape index (κ2) is 4.99. The van der Waals surface area contributed by atoms with Crippen LogP contribution in [-0.2, 0) is 4.79 Å². The number of aromatic nitrogens is 3. The number of rotatable bonds is 3. The average Bonchev–Trinajstić information content (AvgIpc) is 2.87. The molecule has 1 aliphatic carbocycles. The molecule has 5 heteroatoms. The van der Waals surface area contributed by atoms with Crippen molar-refractivity contribution in [2.45, 2.75) is 38.0 Å². The summed E-state index contributed by atoms with van der Waals surface area (Å²) in [4.78, 5) is 15.0. The minimum absolute atomic E-state index is 0.306. The lowest BCUT2D eigenvalue weighted by Crippen LogP contribution is -2.18. The first-order valence-corrected chi connectivity index (χ1v) is 6.74. The zero-order valence-electron chi connectivity index (χ0n) is 10.7. The molecule has 0 saturated heterocycles. The summed E-state index contributed by atoms with van der Waals surface area (Å²) >= 11 is 0. The van der Waals surface area contributed by atoms with E-state index in [4.69, 9.17) is 5.11 Å². The van der Waals surface area contributed by atoms with Crippen LogP contribution in [0.3, 0.4) is 0 Å². The van der Waals surface area contributed by atoms with Crippen LogP contribution in [0.5, 0.6) is 0 Å². The van der Waals surface area contributed by atoms with Crippen LogP contribution < -0.4 is 0 Å². The molecule has 0 unspecified atom stereocenters. The molecule has 2 aromatic rings. The number of hydrogen-bond donors (Lipinski definition) is 1. The molecular weight excluding hydrogens is 242 g/mol. The van der Waals surface area contributed by atoms with Gasteiger partial charge in [-0.2, -0.15) is 5.10 Å². The van der Waals surface area contributed by atoms with Gasteiger partial charge in [0.2, 0.25) is 0 Å². The Morgan fingerprint density at radius 3 is 2.79 bits per heavy atom. The quantitative estimate of drug-likeness (QED) is 0.919. The van der Waals surface area contributed by atoms with Crippen molar-refractivity contribution in [1.29, 1.82) is 0 Å². The fourth-order valence-electron chi connectivity index (χ4n) is 3.07. The van der Waals surface area contributed by atoms with Crippen molar-refractivity contribution in [2.75, 3.05) is 0 Å². The van der Waals surface area contributed by atoms with Gasteiger partial charge in [-0.3, -0.25) is 4.79 Å². The number of aliphatic carboxylic acids is 1. The molecule has 0 atom stereocenters. The summed E-state index contributed by atoms with van der Waals surface area (Å²) in [5.74, 6) is 0.126. The zero-order valence-corrected chi connectivity index (χ0v) is 10.7. The van der Waals surface area contributed by atoms with Crippen molar-refractivity contribution in [1.82, 2.24) is 14.6 Å². The summed E-state index contributed by atoms with van der Waals surface area (Å²) in [6.07, 6.45) is 7.95. The van der Waals surface area contributed by atoms with Crippen LogP contribution in [0, 0.1) is 5.92 Å². The summed E-state index contributed by atoms with van der Waals surface area (Å²) in [6.45, 7) is 0. The molecule has 3 rings (SSSR count). The van der Waals surface area contributed by atoms with Gasteiger partial charge in [0, 0.05) is 30.3 Å². The zero-order chi connectivity index (χ0) is 13.2. The Balaban J connectivity index is 1.75. The summed E-state index contributed by atoms with van der Waals surface area (Å²) < 4.78 is 1.90. The first kappa shape index (κ1) is 12.1. The highest BCUT2D eigenvalue weighted by molar-refractivity contribution is 5.67. The molecule has 100 valence electrons. The van der Waals surface area contributed by atoms with E-state index in [1.165, 1.54) is 5.69 Å². The monoisotopic (exact) mass is 259 g/mol. The molecule has 1 N–H and O–H groups in total. The largest absolute Gasteiger partial charge is 0.481 e. The molecule has 5 nitrogen and oxygen atoms in total. The van der Waals surface area contributed by atoms with E-state index < -0.39 is 5.97 Å². The molecule has 0 aliphatic heterocycles. The van der Waals surface area contributed by atoms with Gasteiger partial charge in [0.15, 0.2) is 5.65 Å². The lowest BCUT2D eigenvalue weighted by Gasteiger charge is -2.27. The Morgan fingerprint density at radius 1 is 1.26 bits per heavy atom. The van der Waals surface area contributed by atoms with Crippen molar-refractivity contribution in [2.24, 2.45) is 5.92 Å². The van der Waals surface area contributed by atoms with Crippen molar-refractivity contribution in [3.8, 4) is 0 Å². The average molecular weight is 259 g/mol. The Labute approximate surface area is 111 Å². The maximum atomic E-state index is 10.7. The molecular formula is C14H17N3O2. The normalized spacial score (nSPS) is 23.6. The molecule has 0 amide bonds. The standard InChI is InChI=1S/C14H17N3O2/c18-14(19)9-10-1-3-11(4-2-10)12-5-7-15-13-6-8-16-17(12)13/h5-8,10-11H,1-4,9H2,(H,18,19). The lowest BCUT2D eigenvalue weighted by atomic mass is 9.79. The van der Waals surface area contributed by atoms with Crippen LogP contribution in [0.2, 0.25) is 0 Å². The highest BCUT2D eigenvalue weighted by Gasteiger charge is 2.25. The summed E-state index contributed by atoms with van der Waals surface area (Å²) in [6, 6.07) is 3.93. The summed E-state index contributed by atoms with van der Waals surface area (Å²) in [5.41, 5.74) is 2.08. The van der Waals surface area contributed by atoms with E-state index in [1.54, 1.807) is 6.20 Å². The van der Waals surface area contributed by atoms with E-state index >= 15 is 0 Å². The van der Waals surface area contributed by atoms with Crippen LogP contribution in [0.25, 0.3) is 5.65 Å². The number of nitrogens with zero attached hydrogens (tertiary/aromatic N) is 3. The molecule has 2 aromatic heterocycles. The van der Waals surface area contributed by atoms with Gasteiger partial charge in [-0.25, -0.2) is 9.50 Å². The number of fused-ring (bicyclic) bond motifs is 1. The predicted molar refractivity (Wildman–Crippen MR) is 69.9 cm³/mol. The molecule has 0 bridgehead atoms. The van der Waals surface area contributed by atoms with Crippen molar-refractivity contribution < 1.29 is 9.90 Å². The third-order valence-corrected chi connectivity index (χ3v) is 4.05. The Bertz CT molecular complexity index is 585. The Hall–Kier alpha value is -1.91. The fourth-order valence-corrected chi connectivity index (χ4v) is 3.07. The van der Waals surface area contributed by atoms with Crippen LogP contribution in [0.4, 0.5) is 0 Å². The first-order valence-electron chi connectivity index (χ1n) is 6.74. The third-order valence-electron chi connectivity index (χ3n) is 4.05. The van der Waals surface area contributed by atoms with Crippen molar-refractivity contribution in [3.05, 3.63) is 30.2 Å². The molecule has 0 radical (unpaired) electrons. The molecule has 1 fully saturated rings. The van der Waals surface area contributed by atoms with Crippen LogP contribution >= 0.6 is 0 Å². The highest BCUT2D eigenvalue weighted by Crippen LogP contribution is 2.36.